The van der Waals surface area contributed by atoms with Gasteiger partial charge in [0, 0.05) is 18.9 Å². The van der Waals surface area contributed by atoms with Crippen LogP contribution in [0.4, 0.5) is 5.69 Å². The molecule has 0 aliphatic carbocycles. The molecule has 2 rings (SSSR count). The molecule has 9 heteroatoms. The van der Waals surface area contributed by atoms with E-state index in [0.29, 0.717) is 0 Å². The van der Waals surface area contributed by atoms with E-state index in [1.807, 2.05) is 0 Å². The second-order valence-corrected chi connectivity index (χ2v) is 6.72. The fourth-order valence-electron chi connectivity index (χ4n) is 2.58. The van der Waals surface area contributed by atoms with Crippen molar-refractivity contribution in [1.82, 2.24) is 0 Å². The number of sulfonamides is 1. The standard InChI is InChI=1S/C13H16N2O6S/c1-21-10-4-2-3-9(12(10)13(17)18)15-6-8(5-11(15)16)7-22(14,19)20/h2-4,8H,5-7H2,1H3,(H,17,18)(H2,14,19,20). The summed E-state index contributed by atoms with van der Waals surface area (Å²) < 4.78 is 27.3. The number of nitrogens with two attached hydrogens (primary N) is 1. The number of carboxylic acid groups (broad SMARTS) is 1. The Balaban J connectivity index is 2.37. The number of rotatable bonds is 5. The van der Waals surface area contributed by atoms with Gasteiger partial charge in [0.15, 0.2) is 0 Å². The average Bonchev–Trinajstić information content (AvgIpc) is 2.75. The van der Waals surface area contributed by atoms with Crippen molar-refractivity contribution in [2.75, 3.05) is 24.3 Å². The largest absolute Gasteiger partial charge is 0.496 e. The van der Waals surface area contributed by atoms with Crippen LogP contribution in [0.15, 0.2) is 18.2 Å². The Morgan fingerprint density at radius 2 is 2.18 bits per heavy atom. The van der Waals surface area contributed by atoms with Crippen LogP contribution in [0.5, 0.6) is 5.75 Å². The smallest absolute Gasteiger partial charge is 0.341 e. The minimum absolute atomic E-state index is 0.00665. The first-order valence-corrected chi connectivity index (χ1v) is 8.15. The second kappa shape index (κ2) is 5.93. The summed E-state index contributed by atoms with van der Waals surface area (Å²) in [4.78, 5) is 24.8. The lowest BCUT2D eigenvalue weighted by molar-refractivity contribution is -0.117. The van der Waals surface area contributed by atoms with E-state index in [4.69, 9.17) is 9.88 Å². The van der Waals surface area contributed by atoms with Crippen molar-refractivity contribution in [3.05, 3.63) is 23.8 Å². The Hall–Kier alpha value is -2.13. The molecular formula is C13H16N2O6S. The van der Waals surface area contributed by atoms with Gasteiger partial charge in [-0.25, -0.2) is 18.4 Å². The highest BCUT2D eigenvalue weighted by Crippen LogP contribution is 2.33. The molecule has 3 N–H and O–H groups in total. The number of ether oxygens (including phenoxy) is 1. The maximum atomic E-state index is 12.1. The SMILES string of the molecule is COc1cccc(N2CC(CS(N)(=O)=O)CC2=O)c1C(=O)O. The normalized spacial score (nSPS) is 18.5. The minimum Gasteiger partial charge on any atom is -0.496 e. The maximum Gasteiger partial charge on any atom is 0.341 e. The molecule has 0 aromatic heterocycles. The van der Waals surface area contributed by atoms with Gasteiger partial charge in [0.05, 0.1) is 18.6 Å². The minimum atomic E-state index is -3.70. The van der Waals surface area contributed by atoms with Crippen molar-refractivity contribution in [1.29, 1.82) is 0 Å². The summed E-state index contributed by atoms with van der Waals surface area (Å²) in [5, 5.41) is 14.3. The molecule has 0 radical (unpaired) electrons. The van der Waals surface area contributed by atoms with Crippen LogP contribution in [-0.4, -0.2) is 44.8 Å². The van der Waals surface area contributed by atoms with Crippen LogP contribution in [0, 0.1) is 5.92 Å². The summed E-state index contributed by atoms with van der Waals surface area (Å²) in [5.74, 6) is -2.22. The number of hydrogen-bond acceptors (Lipinski definition) is 5. The van der Waals surface area contributed by atoms with E-state index < -0.39 is 21.9 Å². The number of aromatic carboxylic acids is 1. The number of benzene rings is 1. The number of amides is 1. The predicted octanol–water partition coefficient (Wildman–Crippen LogP) is 0.0348. The van der Waals surface area contributed by atoms with Gasteiger partial charge in [0.25, 0.3) is 0 Å². The van der Waals surface area contributed by atoms with Crippen LogP contribution in [0.25, 0.3) is 0 Å². The van der Waals surface area contributed by atoms with Gasteiger partial charge in [-0.1, -0.05) is 6.07 Å². The number of carbonyl (C=O) groups excluding carboxylic acids is 1. The lowest BCUT2D eigenvalue weighted by Crippen LogP contribution is -2.28. The van der Waals surface area contributed by atoms with E-state index in [2.05, 4.69) is 0 Å². The quantitative estimate of drug-likeness (QED) is 0.785. The number of nitrogens with zero attached hydrogens (tertiary/aromatic N) is 1. The van der Waals surface area contributed by atoms with Crippen molar-refractivity contribution in [3.63, 3.8) is 0 Å². The van der Waals surface area contributed by atoms with Crippen LogP contribution < -0.4 is 14.8 Å². The highest BCUT2D eigenvalue weighted by atomic mass is 32.2. The number of carbonyl (C=O) groups is 2. The van der Waals surface area contributed by atoms with E-state index in [-0.39, 0.29) is 41.6 Å². The molecule has 0 saturated carbocycles. The fraction of sp³-hybridized carbons (Fsp3) is 0.385. The molecule has 1 atom stereocenters. The lowest BCUT2D eigenvalue weighted by Gasteiger charge is -2.20. The molecule has 0 spiro atoms. The van der Waals surface area contributed by atoms with Gasteiger partial charge < -0.3 is 14.7 Å². The highest BCUT2D eigenvalue weighted by molar-refractivity contribution is 7.89. The Labute approximate surface area is 127 Å². The van der Waals surface area contributed by atoms with Crippen molar-refractivity contribution in [2.45, 2.75) is 6.42 Å². The molecule has 8 nitrogen and oxygen atoms in total. The Bertz CT molecular complexity index is 715. The predicted molar refractivity (Wildman–Crippen MR) is 78.4 cm³/mol. The summed E-state index contributed by atoms with van der Waals surface area (Å²) in [5.41, 5.74) is 0.0587. The van der Waals surface area contributed by atoms with Crippen LogP contribution in [0.2, 0.25) is 0 Å². The van der Waals surface area contributed by atoms with E-state index in [9.17, 15) is 23.1 Å². The Morgan fingerprint density at radius 1 is 1.50 bits per heavy atom. The molecule has 120 valence electrons. The number of primary sulfonamides is 1. The first-order valence-electron chi connectivity index (χ1n) is 6.44. The number of methoxy groups -OCH3 is 1. The topological polar surface area (TPSA) is 127 Å². The zero-order valence-corrected chi connectivity index (χ0v) is 12.7. The summed E-state index contributed by atoms with van der Waals surface area (Å²) in [6.07, 6.45) is 0.00665. The molecule has 1 saturated heterocycles. The molecular weight excluding hydrogens is 312 g/mol. The van der Waals surface area contributed by atoms with Gasteiger partial charge >= 0.3 is 5.97 Å². The highest BCUT2D eigenvalue weighted by Gasteiger charge is 2.35. The Morgan fingerprint density at radius 3 is 2.73 bits per heavy atom. The van der Waals surface area contributed by atoms with Gasteiger partial charge in [0.1, 0.15) is 11.3 Å². The lowest BCUT2D eigenvalue weighted by atomic mass is 10.1. The van der Waals surface area contributed by atoms with E-state index in [1.54, 1.807) is 6.07 Å². The maximum absolute atomic E-state index is 12.1. The molecule has 1 aromatic carbocycles. The Kier molecular flexibility index (Phi) is 4.38. The van der Waals surface area contributed by atoms with E-state index >= 15 is 0 Å². The summed E-state index contributed by atoms with van der Waals surface area (Å²) in [6.45, 7) is 0.0999. The monoisotopic (exact) mass is 328 g/mol. The third-order valence-electron chi connectivity index (χ3n) is 3.40. The second-order valence-electron chi connectivity index (χ2n) is 5.06. The average molecular weight is 328 g/mol. The molecule has 1 aliphatic heterocycles. The summed E-state index contributed by atoms with van der Waals surface area (Å²) >= 11 is 0. The van der Waals surface area contributed by atoms with Crippen LogP contribution in [0.3, 0.4) is 0 Å². The van der Waals surface area contributed by atoms with Crippen molar-refractivity contribution >= 4 is 27.6 Å². The summed E-state index contributed by atoms with van der Waals surface area (Å²) in [7, 11) is -2.36. The van der Waals surface area contributed by atoms with Crippen molar-refractivity contribution in [3.8, 4) is 5.75 Å². The molecule has 0 bridgehead atoms. The molecule has 1 aliphatic rings. The first kappa shape index (κ1) is 16.2. The number of anilines is 1. The zero-order chi connectivity index (χ0) is 16.5. The third-order valence-corrected chi connectivity index (χ3v) is 4.34. The van der Waals surface area contributed by atoms with Crippen LogP contribution in [0.1, 0.15) is 16.8 Å². The zero-order valence-electron chi connectivity index (χ0n) is 11.9. The number of hydrogen-bond donors (Lipinski definition) is 2. The fourth-order valence-corrected chi connectivity index (χ4v) is 3.46. The molecule has 1 aromatic rings. The third kappa shape index (κ3) is 3.37. The van der Waals surface area contributed by atoms with Gasteiger partial charge in [-0.2, -0.15) is 0 Å². The molecule has 1 unspecified atom stereocenters. The molecule has 1 fully saturated rings. The van der Waals surface area contributed by atoms with Gasteiger partial charge in [-0.15, -0.1) is 0 Å². The van der Waals surface area contributed by atoms with Crippen molar-refractivity contribution < 1.29 is 27.9 Å². The van der Waals surface area contributed by atoms with Crippen molar-refractivity contribution in [2.24, 2.45) is 11.1 Å². The molecule has 1 heterocycles. The van der Waals surface area contributed by atoms with E-state index in [1.165, 1.54) is 24.1 Å². The molecule has 22 heavy (non-hydrogen) atoms. The van der Waals surface area contributed by atoms with Crippen LogP contribution in [-0.2, 0) is 14.8 Å². The van der Waals surface area contributed by atoms with Gasteiger partial charge in [-0.05, 0) is 12.1 Å². The van der Waals surface area contributed by atoms with Crippen LogP contribution >= 0.6 is 0 Å². The molecule has 1 amide bonds. The summed E-state index contributed by atoms with van der Waals surface area (Å²) in [6, 6.07) is 4.54. The van der Waals surface area contributed by atoms with Gasteiger partial charge in [0.2, 0.25) is 15.9 Å². The van der Waals surface area contributed by atoms with Gasteiger partial charge in [-0.3, -0.25) is 4.79 Å². The first-order chi connectivity index (χ1) is 10.2. The van der Waals surface area contributed by atoms with E-state index in [0.717, 1.165) is 0 Å². The number of carboxylic acids is 1.